The number of carbonyl (C=O) groups is 2. The Labute approximate surface area is 198 Å². The zero-order chi connectivity index (χ0) is 23.2. The lowest BCUT2D eigenvalue weighted by molar-refractivity contribution is -0.119. The second kappa shape index (κ2) is 10.5. The van der Waals surface area contributed by atoms with E-state index < -0.39 is 0 Å². The first-order valence-electron chi connectivity index (χ1n) is 11.2. The molecule has 172 valence electrons. The van der Waals surface area contributed by atoms with E-state index in [0.29, 0.717) is 25.3 Å². The van der Waals surface area contributed by atoms with Gasteiger partial charge in [-0.25, -0.2) is 0 Å². The van der Waals surface area contributed by atoms with Crippen LogP contribution in [0.3, 0.4) is 0 Å². The van der Waals surface area contributed by atoms with Crippen LogP contribution in [0.25, 0.3) is 0 Å². The first kappa shape index (κ1) is 22.9. The fraction of sp³-hybridized carbons (Fsp3) is 0.308. The molecule has 0 spiro atoms. The van der Waals surface area contributed by atoms with Gasteiger partial charge in [0.1, 0.15) is 12.4 Å². The van der Waals surface area contributed by atoms with Gasteiger partial charge in [-0.3, -0.25) is 9.59 Å². The number of carbonyl (C=O) groups excluding carboxylic acids is 2. The van der Waals surface area contributed by atoms with Crippen molar-refractivity contribution in [3.63, 3.8) is 0 Å². The molecule has 6 nitrogen and oxygen atoms in total. The molecular weight excluding hydrogens is 434 g/mol. The third-order valence-electron chi connectivity index (χ3n) is 5.78. The lowest BCUT2D eigenvalue weighted by Crippen LogP contribution is -2.36. The predicted molar refractivity (Wildman–Crippen MR) is 132 cm³/mol. The molecule has 33 heavy (non-hydrogen) atoms. The smallest absolute Gasteiger partial charge is 0.254 e. The van der Waals surface area contributed by atoms with Gasteiger partial charge in [-0.15, -0.1) is 11.3 Å². The SMILES string of the molecule is Cc1cccc(OCCNC(=O)CNc2cccc(C(=O)N3CCc4sccc4C3)c2C)c1. The summed E-state index contributed by atoms with van der Waals surface area (Å²) < 4.78 is 5.66. The Kier molecular flexibility index (Phi) is 7.29. The van der Waals surface area contributed by atoms with Gasteiger partial charge in [0, 0.05) is 29.2 Å². The van der Waals surface area contributed by atoms with Crippen molar-refractivity contribution in [2.24, 2.45) is 0 Å². The Balaban J connectivity index is 1.27. The molecule has 0 atom stereocenters. The van der Waals surface area contributed by atoms with Crippen LogP contribution in [0.15, 0.2) is 53.9 Å². The first-order chi connectivity index (χ1) is 16.0. The van der Waals surface area contributed by atoms with Crippen molar-refractivity contribution in [2.75, 3.05) is 31.6 Å². The highest BCUT2D eigenvalue weighted by Crippen LogP contribution is 2.27. The molecule has 3 aromatic rings. The molecule has 0 saturated carbocycles. The second-order valence-corrected chi connectivity index (χ2v) is 9.19. The quantitative estimate of drug-likeness (QED) is 0.492. The van der Waals surface area contributed by atoms with Crippen molar-refractivity contribution in [1.29, 1.82) is 0 Å². The van der Waals surface area contributed by atoms with E-state index in [-0.39, 0.29) is 18.4 Å². The highest BCUT2D eigenvalue weighted by atomic mass is 32.1. The summed E-state index contributed by atoms with van der Waals surface area (Å²) in [7, 11) is 0. The summed E-state index contributed by atoms with van der Waals surface area (Å²) in [6.07, 6.45) is 0.906. The van der Waals surface area contributed by atoms with E-state index in [4.69, 9.17) is 4.74 Å². The number of anilines is 1. The van der Waals surface area contributed by atoms with Crippen LogP contribution in [-0.4, -0.2) is 43.0 Å². The topological polar surface area (TPSA) is 70.7 Å². The summed E-state index contributed by atoms with van der Waals surface area (Å²) in [5.41, 5.74) is 4.70. The van der Waals surface area contributed by atoms with Gasteiger partial charge in [0.15, 0.2) is 0 Å². The van der Waals surface area contributed by atoms with Crippen LogP contribution in [0.4, 0.5) is 5.69 Å². The maximum Gasteiger partial charge on any atom is 0.254 e. The summed E-state index contributed by atoms with van der Waals surface area (Å²) in [6, 6.07) is 15.5. The van der Waals surface area contributed by atoms with Crippen LogP contribution in [0, 0.1) is 13.8 Å². The fourth-order valence-electron chi connectivity index (χ4n) is 3.95. The Hall–Kier alpha value is -3.32. The summed E-state index contributed by atoms with van der Waals surface area (Å²) >= 11 is 1.76. The average Bonchev–Trinajstić information content (AvgIpc) is 3.29. The lowest BCUT2D eigenvalue weighted by Gasteiger charge is -2.28. The van der Waals surface area contributed by atoms with Gasteiger partial charge in [-0.05, 0) is 72.7 Å². The monoisotopic (exact) mass is 463 g/mol. The van der Waals surface area contributed by atoms with Crippen LogP contribution < -0.4 is 15.4 Å². The van der Waals surface area contributed by atoms with E-state index in [1.807, 2.05) is 61.2 Å². The van der Waals surface area contributed by atoms with Crippen LogP contribution in [-0.2, 0) is 17.8 Å². The number of hydrogen-bond acceptors (Lipinski definition) is 5. The Morgan fingerprint density at radius 2 is 1.97 bits per heavy atom. The van der Waals surface area contributed by atoms with Gasteiger partial charge < -0.3 is 20.3 Å². The molecule has 1 aromatic heterocycles. The largest absolute Gasteiger partial charge is 0.492 e. The molecule has 2 N–H and O–H groups in total. The van der Waals surface area contributed by atoms with E-state index in [9.17, 15) is 9.59 Å². The molecule has 2 amide bonds. The number of amides is 2. The average molecular weight is 464 g/mol. The van der Waals surface area contributed by atoms with Gasteiger partial charge in [-0.2, -0.15) is 0 Å². The summed E-state index contributed by atoms with van der Waals surface area (Å²) in [5.74, 6) is 0.703. The highest BCUT2D eigenvalue weighted by Gasteiger charge is 2.24. The number of ether oxygens (including phenoxy) is 1. The van der Waals surface area contributed by atoms with Gasteiger partial charge in [0.05, 0.1) is 13.1 Å². The first-order valence-corrected chi connectivity index (χ1v) is 12.0. The standard InChI is InChI=1S/C26H29N3O3S/c1-18-5-3-6-21(15-18)32-13-11-27-25(30)16-28-23-8-4-7-22(19(23)2)26(31)29-12-9-24-20(17-29)10-14-33-24/h3-8,10,14-15,28H,9,11-13,16-17H2,1-2H3,(H,27,30). The molecular formula is C26H29N3O3S. The predicted octanol–water partition coefficient (Wildman–Crippen LogP) is 4.17. The van der Waals surface area contributed by atoms with Crippen LogP contribution >= 0.6 is 11.3 Å². The number of aryl methyl sites for hydroxylation is 1. The molecule has 0 unspecified atom stereocenters. The molecule has 2 aromatic carbocycles. The molecule has 0 saturated heterocycles. The minimum absolute atomic E-state index is 0.0331. The van der Waals surface area contributed by atoms with E-state index in [2.05, 4.69) is 22.1 Å². The second-order valence-electron chi connectivity index (χ2n) is 8.19. The third kappa shape index (κ3) is 5.73. The Morgan fingerprint density at radius 3 is 2.82 bits per heavy atom. The molecule has 1 aliphatic rings. The summed E-state index contributed by atoms with van der Waals surface area (Å²) in [5, 5.41) is 8.11. The van der Waals surface area contributed by atoms with Crippen molar-refractivity contribution < 1.29 is 14.3 Å². The normalized spacial score (nSPS) is 12.7. The highest BCUT2D eigenvalue weighted by molar-refractivity contribution is 7.10. The molecule has 0 fully saturated rings. The number of nitrogens with zero attached hydrogens (tertiary/aromatic N) is 1. The van der Waals surface area contributed by atoms with E-state index in [1.54, 1.807) is 11.3 Å². The van der Waals surface area contributed by atoms with Gasteiger partial charge in [-0.1, -0.05) is 18.2 Å². The number of benzene rings is 2. The molecule has 7 heteroatoms. The van der Waals surface area contributed by atoms with Crippen LogP contribution in [0.1, 0.15) is 31.9 Å². The van der Waals surface area contributed by atoms with Gasteiger partial charge in [0.25, 0.3) is 5.91 Å². The van der Waals surface area contributed by atoms with E-state index in [0.717, 1.165) is 35.5 Å². The zero-order valence-corrected chi connectivity index (χ0v) is 19.8. The van der Waals surface area contributed by atoms with Crippen molar-refractivity contribution in [3.8, 4) is 5.75 Å². The molecule has 0 bridgehead atoms. The van der Waals surface area contributed by atoms with Gasteiger partial charge in [0.2, 0.25) is 5.91 Å². The minimum atomic E-state index is -0.125. The van der Waals surface area contributed by atoms with Crippen molar-refractivity contribution in [3.05, 3.63) is 81.0 Å². The van der Waals surface area contributed by atoms with Crippen molar-refractivity contribution in [2.45, 2.75) is 26.8 Å². The number of rotatable bonds is 8. The van der Waals surface area contributed by atoms with Crippen LogP contribution in [0.5, 0.6) is 5.75 Å². The molecule has 1 aliphatic heterocycles. The molecule has 2 heterocycles. The maximum atomic E-state index is 13.2. The summed E-state index contributed by atoms with van der Waals surface area (Å²) in [6.45, 7) is 6.27. The third-order valence-corrected chi connectivity index (χ3v) is 6.80. The lowest BCUT2D eigenvalue weighted by atomic mass is 10.0. The number of fused-ring (bicyclic) bond motifs is 1. The number of nitrogens with one attached hydrogen (secondary N) is 2. The Bertz CT molecular complexity index is 1140. The van der Waals surface area contributed by atoms with Crippen molar-refractivity contribution in [1.82, 2.24) is 10.2 Å². The number of hydrogen-bond donors (Lipinski definition) is 2. The minimum Gasteiger partial charge on any atom is -0.492 e. The van der Waals surface area contributed by atoms with Crippen molar-refractivity contribution >= 4 is 28.8 Å². The Morgan fingerprint density at radius 1 is 1.12 bits per heavy atom. The molecule has 4 rings (SSSR count). The molecule has 0 aliphatic carbocycles. The van der Waals surface area contributed by atoms with E-state index in [1.165, 1.54) is 10.4 Å². The fourth-order valence-corrected chi connectivity index (χ4v) is 4.84. The maximum absolute atomic E-state index is 13.2. The van der Waals surface area contributed by atoms with E-state index >= 15 is 0 Å². The molecule has 0 radical (unpaired) electrons. The van der Waals surface area contributed by atoms with Gasteiger partial charge >= 0.3 is 0 Å². The van der Waals surface area contributed by atoms with Crippen LogP contribution in [0.2, 0.25) is 0 Å². The summed E-state index contributed by atoms with van der Waals surface area (Å²) in [4.78, 5) is 28.7. The zero-order valence-electron chi connectivity index (χ0n) is 19.0. The number of thiophene rings is 1.